The van der Waals surface area contributed by atoms with Gasteiger partial charge in [0.05, 0.1) is 0 Å². The van der Waals surface area contributed by atoms with E-state index in [0.29, 0.717) is 0 Å². The van der Waals surface area contributed by atoms with E-state index in [9.17, 15) is 0 Å². The molecule has 1 nitrogen and oxygen atoms in total. The summed E-state index contributed by atoms with van der Waals surface area (Å²) >= 11 is 8.27. The van der Waals surface area contributed by atoms with Crippen molar-refractivity contribution in [2.45, 2.75) is 27.3 Å². The highest BCUT2D eigenvalue weighted by Gasteiger charge is 2.04. The Hall–Kier alpha value is -0.740. The molecule has 0 atom stereocenters. The van der Waals surface area contributed by atoms with Gasteiger partial charge in [-0.15, -0.1) is 0 Å². The standard InChI is InChI=1S/C16H17ClIN/c1-10-6-12(3)13(7-11(10)2)9-19-16-5-4-14(17)8-15(16)18/h4-8,19H,9H2,1-3H3. The van der Waals surface area contributed by atoms with E-state index in [1.54, 1.807) is 0 Å². The average Bonchev–Trinajstić information content (AvgIpc) is 2.34. The molecule has 0 aliphatic carbocycles. The van der Waals surface area contributed by atoms with Crippen molar-refractivity contribution in [1.82, 2.24) is 0 Å². The molecule has 0 saturated heterocycles. The van der Waals surface area contributed by atoms with Crippen LogP contribution in [-0.2, 0) is 6.54 Å². The van der Waals surface area contributed by atoms with E-state index in [1.165, 1.54) is 22.3 Å². The van der Waals surface area contributed by atoms with Crippen molar-refractivity contribution in [2.75, 3.05) is 5.32 Å². The monoisotopic (exact) mass is 385 g/mol. The molecular formula is C16H17ClIN. The Balaban J connectivity index is 2.16. The highest BCUT2D eigenvalue weighted by Crippen LogP contribution is 2.23. The minimum Gasteiger partial charge on any atom is -0.380 e. The van der Waals surface area contributed by atoms with Gasteiger partial charge in [-0.3, -0.25) is 0 Å². The van der Waals surface area contributed by atoms with E-state index in [2.05, 4.69) is 60.8 Å². The predicted octanol–water partition coefficient (Wildman–Crippen LogP) is 5.48. The van der Waals surface area contributed by atoms with Crippen LogP contribution >= 0.6 is 34.2 Å². The summed E-state index contributed by atoms with van der Waals surface area (Å²) in [7, 11) is 0. The molecule has 0 aliphatic heterocycles. The molecule has 0 saturated carbocycles. The minimum absolute atomic E-state index is 0.775. The van der Waals surface area contributed by atoms with Crippen molar-refractivity contribution < 1.29 is 0 Å². The molecule has 0 bridgehead atoms. The summed E-state index contributed by atoms with van der Waals surface area (Å²) in [5, 5.41) is 4.25. The summed E-state index contributed by atoms with van der Waals surface area (Å²) in [5.74, 6) is 0. The average molecular weight is 386 g/mol. The number of anilines is 1. The first-order chi connectivity index (χ1) is 8.97. The maximum absolute atomic E-state index is 5.96. The summed E-state index contributed by atoms with van der Waals surface area (Å²) in [5.41, 5.74) is 6.49. The molecule has 0 fully saturated rings. The molecule has 2 aromatic carbocycles. The number of nitrogens with one attached hydrogen (secondary N) is 1. The van der Waals surface area contributed by atoms with Crippen LogP contribution in [0.5, 0.6) is 0 Å². The van der Waals surface area contributed by atoms with Crippen LogP contribution in [0.1, 0.15) is 22.3 Å². The lowest BCUT2D eigenvalue weighted by molar-refractivity contribution is 1.10. The van der Waals surface area contributed by atoms with Crippen LogP contribution in [0.15, 0.2) is 30.3 Å². The van der Waals surface area contributed by atoms with Crippen LogP contribution in [0, 0.1) is 24.3 Å². The second-order valence-corrected chi connectivity index (χ2v) is 6.44. The van der Waals surface area contributed by atoms with Gasteiger partial charge in [0.15, 0.2) is 0 Å². The van der Waals surface area contributed by atoms with E-state index in [1.807, 2.05) is 18.2 Å². The Kier molecular flexibility index (Phi) is 4.74. The molecule has 0 spiro atoms. The van der Waals surface area contributed by atoms with Crippen molar-refractivity contribution in [2.24, 2.45) is 0 Å². The molecule has 1 N–H and O–H groups in total. The summed E-state index contributed by atoms with van der Waals surface area (Å²) in [6.07, 6.45) is 0. The van der Waals surface area contributed by atoms with Crippen molar-refractivity contribution in [3.63, 3.8) is 0 Å². The predicted molar refractivity (Wildman–Crippen MR) is 92.1 cm³/mol. The first kappa shape index (κ1) is 14.7. The number of benzene rings is 2. The van der Waals surface area contributed by atoms with Crippen molar-refractivity contribution >= 4 is 39.9 Å². The first-order valence-corrected chi connectivity index (χ1v) is 7.68. The molecule has 0 unspecified atom stereocenters. The van der Waals surface area contributed by atoms with Gasteiger partial charge in [-0.05, 0) is 83.8 Å². The van der Waals surface area contributed by atoms with Crippen LogP contribution in [0.3, 0.4) is 0 Å². The third-order valence-electron chi connectivity index (χ3n) is 3.35. The molecule has 3 heteroatoms. The maximum Gasteiger partial charge on any atom is 0.0479 e. The van der Waals surface area contributed by atoms with Gasteiger partial charge in [0.2, 0.25) is 0 Å². The van der Waals surface area contributed by atoms with Crippen molar-refractivity contribution in [1.29, 1.82) is 0 Å². The van der Waals surface area contributed by atoms with Crippen LogP contribution in [0.25, 0.3) is 0 Å². The number of aryl methyl sites for hydroxylation is 3. The first-order valence-electron chi connectivity index (χ1n) is 6.23. The van der Waals surface area contributed by atoms with Gasteiger partial charge in [-0.2, -0.15) is 0 Å². The summed E-state index contributed by atoms with van der Waals surface area (Å²) in [4.78, 5) is 0. The molecular weight excluding hydrogens is 369 g/mol. The topological polar surface area (TPSA) is 12.0 Å². The second kappa shape index (κ2) is 6.14. The Morgan fingerprint density at radius 2 is 1.68 bits per heavy atom. The lowest BCUT2D eigenvalue weighted by Gasteiger charge is -2.13. The highest BCUT2D eigenvalue weighted by atomic mass is 127. The number of rotatable bonds is 3. The van der Waals surface area contributed by atoms with Gasteiger partial charge < -0.3 is 5.32 Å². The molecule has 0 heterocycles. The smallest absolute Gasteiger partial charge is 0.0479 e. The van der Waals surface area contributed by atoms with Gasteiger partial charge in [-0.25, -0.2) is 0 Å². The van der Waals surface area contributed by atoms with Gasteiger partial charge in [-0.1, -0.05) is 23.7 Å². The van der Waals surface area contributed by atoms with E-state index < -0.39 is 0 Å². The van der Waals surface area contributed by atoms with E-state index in [-0.39, 0.29) is 0 Å². The SMILES string of the molecule is Cc1cc(C)c(CNc2ccc(Cl)cc2I)cc1C. The number of hydrogen-bond donors (Lipinski definition) is 1. The van der Waals surface area contributed by atoms with Gasteiger partial charge in [0.1, 0.15) is 0 Å². The fourth-order valence-corrected chi connectivity index (χ4v) is 3.10. The van der Waals surface area contributed by atoms with Crippen LogP contribution in [0.4, 0.5) is 5.69 Å². The second-order valence-electron chi connectivity index (χ2n) is 4.84. The molecule has 0 aromatic heterocycles. The highest BCUT2D eigenvalue weighted by molar-refractivity contribution is 14.1. The summed E-state index contributed by atoms with van der Waals surface area (Å²) in [6.45, 7) is 7.31. The zero-order valence-corrected chi connectivity index (χ0v) is 14.3. The quantitative estimate of drug-likeness (QED) is 0.690. The zero-order chi connectivity index (χ0) is 14.0. The molecule has 2 aromatic rings. The van der Waals surface area contributed by atoms with E-state index in [4.69, 9.17) is 11.6 Å². The number of hydrogen-bond acceptors (Lipinski definition) is 1. The summed E-state index contributed by atoms with van der Waals surface area (Å²) in [6, 6.07) is 10.4. The van der Waals surface area contributed by atoms with Crippen LogP contribution in [0.2, 0.25) is 5.02 Å². The zero-order valence-electron chi connectivity index (χ0n) is 11.3. The van der Waals surface area contributed by atoms with E-state index in [0.717, 1.165) is 20.8 Å². The molecule has 0 amide bonds. The molecule has 19 heavy (non-hydrogen) atoms. The summed E-state index contributed by atoms with van der Waals surface area (Å²) < 4.78 is 1.14. The number of halogens is 2. The Bertz CT molecular complexity index is 608. The third kappa shape index (κ3) is 3.63. The van der Waals surface area contributed by atoms with Crippen LogP contribution in [-0.4, -0.2) is 0 Å². The lowest BCUT2D eigenvalue weighted by atomic mass is 10.0. The Labute approximate surface area is 133 Å². The van der Waals surface area contributed by atoms with Gasteiger partial charge in [0.25, 0.3) is 0 Å². The van der Waals surface area contributed by atoms with Crippen LogP contribution < -0.4 is 5.32 Å². The Morgan fingerprint density at radius 3 is 2.37 bits per heavy atom. The van der Waals surface area contributed by atoms with Crippen molar-refractivity contribution in [3.05, 3.63) is 61.2 Å². The minimum atomic E-state index is 0.775. The van der Waals surface area contributed by atoms with E-state index >= 15 is 0 Å². The largest absolute Gasteiger partial charge is 0.380 e. The molecule has 2 rings (SSSR count). The Morgan fingerprint density at radius 1 is 1.00 bits per heavy atom. The fourth-order valence-electron chi connectivity index (χ4n) is 2.03. The van der Waals surface area contributed by atoms with Crippen molar-refractivity contribution in [3.8, 4) is 0 Å². The molecule has 0 aliphatic rings. The normalized spacial score (nSPS) is 10.6. The van der Waals surface area contributed by atoms with Gasteiger partial charge in [0, 0.05) is 20.8 Å². The third-order valence-corrected chi connectivity index (χ3v) is 4.48. The fraction of sp³-hybridized carbons (Fsp3) is 0.250. The van der Waals surface area contributed by atoms with Gasteiger partial charge >= 0.3 is 0 Å². The maximum atomic E-state index is 5.96. The molecule has 100 valence electrons. The lowest BCUT2D eigenvalue weighted by Crippen LogP contribution is -2.03. The molecule has 0 radical (unpaired) electrons.